The van der Waals surface area contributed by atoms with Crippen LogP contribution in [0.3, 0.4) is 0 Å². The maximum absolute atomic E-state index is 5.94. The minimum absolute atomic E-state index is 0.0309. The predicted octanol–water partition coefficient (Wildman–Crippen LogP) is 3.08. The van der Waals surface area contributed by atoms with Crippen LogP contribution < -0.4 is 10.1 Å². The molecule has 0 spiro atoms. The second kappa shape index (κ2) is 6.92. The molecule has 19 heavy (non-hydrogen) atoms. The summed E-state index contributed by atoms with van der Waals surface area (Å²) >= 11 is 0. The van der Waals surface area contributed by atoms with Gasteiger partial charge in [-0.05, 0) is 59.1 Å². The molecule has 0 aliphatic carbocycles. The lowest BCUT2D eigenvalue weighted by Gasteiger charge is -2.32. The van der Waals surface area contributed by atoms with E-state index in [9.17, 15) is 0 Å². The van der Waals surface area contributed by atoms with E-state index < -0.39 is 0 Å². The molecule has 0 saturated carbocycles. The molecule has 1 atom stereocenters. The van der Waals surface area contributed by atoms with Gasteiger partial charge in [-0.1, -0.05) is 19.1 Å². The average molecular weight is 264 g/mol. The van der Waals surface area contributed by atoms with Crippen LogP contribution in [0.1, 0.15) is 38.8 Å². The summed E-state index contributed by atoms with van der Waals surface area (Å²) in [6, 6.07) is 8.76. The summed E-state index contributed by atoms with van der Waals surface area (Å²) in [6.07, 6.45) is 1.07. The highest BCUT2D eigenvalue weighted by Crippen LogP contribution is 2.22. The van der Waals surface area contributed by atoms with Gasteiger partial charge in [0.2, 0.25) is 0 Å². The Balaban J connectivity index is 2.72. The molecule has 1 aromatic rings. The lowest BCUT2D eigenvalue weighted by molar-refractivity contribution is 0.114. The molecule has 0 saturated heterocycles. The quantitative estimate of drug-likeness (QED) is 0.819. The van der Waals surface area contributed by atoms with Crippen molar-refractivity contribution in [3.63, 3.8) is 0 Å². The van der Waals surface area contributed by atoms with Gasteiger partial charge < -0.3 is 15.0 Å². The van der Waals surface area contributed by atoms with E-state index >= 15 is 0 Å². The number of hydrogen-bond acceptors (Lipinski definition) is 3. The van der Waals surface area contributed by atoms with Crippen molar-refractivity contribution in [2.75, 3.05) is 27.7 Å². The maximum Gasteiger partial charge on any atom is 0.119 e. The zero-order chi connectivity index (χ0) is 14.5. The second-order valence-electron chi connectivity index (χ2n) is 5.82. The molecule has 1 N–H and O–H groups in total. The Hall–Kier alpha value is -1.06. The first-order chi connectivity index (χ1) is 8.90. The van der Waals surface area contributed by atoms with Crippen molar-refractivity contribution in [3.8, 4) is 5.75 Å². The summed E-state index contributed by atoms with van der Waals surface area (Å²) in [6.45, 7) is 7.22. The molecule has 1 unspecified atom stereocenters. The third kappa shape index (κ3) is 4.51. The van der Waals surface area contributed by atoms with Crippen LogP contribution in [0.2, 0.25) is 0 Å². The third-order valence-corrected chi connectivity index (χ3v) is 3.82. The van der Waals surface area contributed by atoms with Gasteiger partial charge in [-0.2, -0.15) is 0 Å². The van der Waals surface area contributed by atoms with Crippen LogP contribution >= 0.6 is 0 Å². The van der Waals surface area contributed by atoms with Gasteiger partial charge in [-0.3, -0.25) is 0 Å². The van der Waals surface area contributed by atoms with Crippen molar-refractivity contribution in [3.05, 3.63) is 29.8 Å². The van der Waals surface area contributed by atoms with E-state index in [-0.39, 0.29) is 5.54 Å². The Kier molecular flexibility index (Phi) is 5.83. The summed E-state index contributed by atoms with van der Waals surface area (Å²) in [4.78, 5) is 2.18. The highest BCUT2D eigenvalue weighted by molar-refractivity contribution is 5.30. The van der Waals surface area contributed by atoms with Crippen LogP contribution in [0.25, 0.3) is 0 Å². The molecule has 0 fully saturated rings. The summed E-state index contributed by atoms with van der Waals surface area (Å²) in [5, 5.41) is 3.32. The largest absolute Gasteiger partial charge is 0.492 e. The highest BCUT2D eigenvalue weighted by Gasteiger charge is 2.21. The van der Waals surface area contributed by atoms with Crippen LogP contribution in [0, 0.1) is 0 Å². The van der Waals surface area contributed by atoms with Crippen LogP contribution in [-0.4, -0.2) is 38.2 Å². The van der Waals surface area contributed by atoms with E-state index in [4.69, 9.17) is 4.74 Å². The van der Waals surface area contributed by atoms with Gasteiger partial charge in [0.15, 0.2) is 0 Å². The van der Waals surface area contributed by atoms with E-state index in [2.05, 4.69) is 63.3 Å². The first-order valence-corrected chi connectivity index (χ1v) is 6.98. The molecule has 0 aliphatic heterocycles. The summed E-state index contributed by atoms with van der Waals surface area (Å²) in [5.74, 6) is 0.945. The first kappa shape index (κ1) is 16.0. The smallest absolute Gasteiger partial charge is 0.119 e. The first-order valence-electron chi connectivity index (χ1n) is 6.98. The number of ether oxygens (including phenoxy) is 1. The van der Waals surface area contributed by atoms with Gasteiger partial charge in [0.25, 0.3) is 0 Å². The molecule has 1 rings (SSSR count). The minimum Gasteiger partial charge on any atom is -0.492 e. The van der Waals surface area contributed by atoms with E-state index in [0.29, 0.717) is 12.6 Å². The number of likely N-dealkylation sites (N-methyl/N-ethyl adjacent to an activating group) is 1. The molecule has 1 aromatic carbocycles. The van der Waals surface area contributed by atoms with Gasteiger partial charge in [-0.15, -0.1) is 0 Å². The monoisotopic (exact) mass is 264 g/mol. The van der Waals surface area contributed by atoms with Crippen molar-refractivity contribution in [1.29, 1.82) is 0 Å². The number of nitrogens with one attached hydrogen (secondary N) is 1. The van der Waals surface area contributed by atoms with E-state index in [1.807, 2.05) is 13.1 Å². The predicted molar refractivity (Wildman–Crippen MR) is 81.8 cm³/mol. The normalized spacial score (nSPS) is 13.6. The van der Waals surface area contributed by atoms with Crippen LogP contribution in [0.4, 0.5) is 0 Å². The number of nitrogens with zero attached hydrogens (tertiary/aromatic N) is 1. The summed E-state index contributed by atoms with van der Waals surface area (Å²) in [5.41, 5.74) is 1.31. The van der Waals surface area contributed by atoms with E-state index in [1.54, 1.807) is 0 Å². The Morgan fingerprint density at radius 2 is 2.00 bits per heavy atom. The molecule has 0 radical (unpaired) electrons. The molecular weight excluding hydrogens is 236 g/mol. The average Bonchev–Trinajstić information content (AvgIpc) is 2.38. The van der Waals surface area contributed by atoms with Crippen LogP contribution in [0.15, 0.2) is 24.3 Å². The van der Waals surface area contributed by atoms with Gasteiger partial charge in [0, 0.05) is 11.6 Å². The van der Waals surface area contributed by atoms with E-state index in [0.717, 1.165) is 12.2 Å². The van der Waals surface area contributed by atoms with Gasteiger partial charge in [0.05, 0.1) is 0 Å². The lowest BCUT2D eigenvalue weighted by atomic mass is 10.0. The molecular formula is C16H28N2O. The van der Waals surface area contributed by atoms with Gasteiger partial charge in [0.1, 0.15) is 12.4 Å². The topological polar surface area (TPSA) is 24.5 Å². The molecule has 3 heteroatoms. The summed E-state index contributed by atoms with van der Waals surface area (Å²) < 4.78 is 5.94. The van der Waals surface area contributed by atoms with Crippen LogP contribution in [-0.2, 0) is 0 Å². The molecule has 0 aliphatic rings. The van der Waals surface area contributed by atoms with Crippen molar-refractivity contribution in [2.45, 2.75) is 38.8 Å². The maximum atomic E-state index is 5.94. The van der Waals surface area contributed by atoms with Gasteiger partial charge in [-0.25, -0.2) is 0 Å². The zero-order valence-corrected chi connectivity index (χ0v) is 13.2. The Morgan fingerprint density at radius 3 is 2.53 bits per heavy atom. The standard InChI is InChI=1S/C16H28N2O/c1-7-15(17-4)13-9-8-10-14(11-13)19-12-16(2,3)18(5)6/h8-11,15,17H,7,12H2,1-6H3. The molecule has 0 heterocycles. The second-order valence-corrected chi connectivity index (χ2v) is 5.82. The fourth-order valence-corrected chi connectivity index (χ4v) is 1.82. The fourth-order valence-electron chi connectivity index (χ4n) is 1.82. The Labute approximate surface area is 118 Å². The van der Waals surface area contributed by atoms with E-state index in [1.165, 1.54) is 5.56 Å². The van der Waals surface area contributed by atoms with Crippen molar-refractivity contribution >= 4 is 0 Å². The Morgan fingerprint density at radius 1 is 1.32 bits per heavy atom. The zero-order valence-electron chi connectivity index (χ0n) is 13.2. The van der Waals surface area contributed by atoms with Crippen molar-refractivity contribution < 1.29 is 4.74 Å². The fraction of sp³-hybridized carbons (Fsp3) is 0.625. The third-order valence-electron chi connectivity index (χ3n) is 3.82. The molecule has 108 valence electrons. The molecule has 0 aromatic heterocycles. The number of hydrogen-bond donors (Lipinski definition) is 1. The van der Waals surface area contributed by atoms with Crippen molar-refractivity contribution in [2.24, 2.45) is 0 Å². The SMILES string of the molecule is CCC(NC)c1cccc(OCC(C)(C)N(C)C)c1. The number of rotatable bonds is 7. The lowest BCUT2D eigenvalue weighted by Crippen LogP contribution is -2.43. The Bertz CT molecular complexity index is 384. The minimum atomic E-state index is 0.0309. The molecule has 0 bridgehead atoms. The molecule has 3 nitrogen and oxygen atoms in total. The van der Waals surface area contributed by atoms with Crippen LogP contribution in [0.5, 0.6) is 5.75 Å². The molecule has 0 amide bonds. The highest BCUT2D eigenvalue weighted by atomic mass is 16.5. The van der Waals surface area contributed by atoms with Gasteiger partial charge >= 0.3 is 0 Å². The van der Waals surface area contributed by atoms with Crippen molar-refractivity contribution in [1.82, 2.24) is 10.2 Å². The summed E-state index contributed by atoms with van der Waals surface area (Å²) in [7, 11) is 6.15. The number of benzene rings is 1.